The topological polar surface area (TPSA) is 82.8 Å². The quantitative estimate of drug-likeness (QED) is 0.517. The molecule has 30 heavy (non-hydrogen) atoms. The summed E-state index contributed by atoms with van der Waals surface area (Å²) in [5.74, 6) is 0.543. The van der Waals surface area contributed by atoms with Gasteiger partial charge in [-0.05, 0) is 54.7 Å². The molecule has 172 valence electrons. The van der Waals surface area contributed by atoms with Crippen molar-refractivity contribution in [2.24, 2.45) is 11.3 Å². The lowest BCUT2D eigenvalue weighted by Gasteiger charge is -2.39. The molecule has 2 aliphatic rings. The van der Waals surface area contributed by atoms with Crippen molar-refractivity contribution in [3.8, 4) is 0 Å². The average molecular weight is 443 g/mol. The molecule has 3 N–H and O–H groups in total. The Kier molecular flexibility index (Phi) is 11.5. The number of methoxy groups -OCH3 is 1. The van der Waals surface area contributed by atoms with Gasteiger partial charge >= 0.3 is 5.97 Å². The molecule has 1 aliphatic heterocycles. The van der Waals surface area contributed by atoms with Crippen molar-refractivity contribution in [1.29, 1.82) is 0 Å². The summed E-state index contributed by atoms with van der Waals surface area (Å²) in [6.07, 6.45) is 4.68. The first-order chi connectivity index (χ1) is 13.8. The van der Waals surface area contributed by atoms with Gasteiger partial charge in [-0.15, -0.1) is 12.4 Å². The zero-order chi connectivity index (χ0) is 21.3. The van der Waals surface area contributed by atoms with Crippen molar-refractivity contribution in [3.05, 3.63) is 23.8 Å². The maximum Gasteiger partial charge on any atom is 0.305 e. The summed E-state index contributed by atoms with van der Waals surface area (Å²) in [4.78, 5) is 11.2. The minimum atomic E-state index is -0.191. The molecule has 1 aliphatic carbocycles. The Bertz CT molecular complexity index is 639. The minimum absolute atomic E-state index is 0. The summed E-state index contributed by atoms with van der Waals surface area (Å²) in [5, 5.41) is 3.62. The van der Waals surface area contributed by atoms with Gasteiger partial charge in [-0.2, -0.15) is 0 Å². The number of hydrogen-bond donors (Lipinski definition) is 2. The van der Waals surface area contributed by atoms with E-state index in [-0.39, 0.29) is 18.4 Å². The lowest BCUT2D eigenvalue weighted by Crippen LogP contribution is -2.35. The van der Waals surface area contributed by atoms with Crippen LogP contribution in [0.5, 0.6) is 0 Å². The Morgan fingerprint density at radius 3 is 2.33 bits per heavy atom. The summed E-state index contributed by atoms with van der Waals surface area (Å²) in [5.41, 5.74) is 9.40. The van der Waals surface area contributed by atoms with E-state index in [1.807, 2.05) is 18.2 Å². The van der Waals surface area contributed by atoms with Crippen LogP contribution in [0.4, 0.5) is 11.4 Å². The first kappa shape index (κ1) is 26.5. The Balaban J connectivity index is 0.000000552. The van der Waals surface area contributed by atoms with Gasteiger partial charge in [-0.3, -0.25) is 4.79 Å². The molecule has 2 fully saturated rings. The zero-order valence-electron chi connectivity index (χ0n) is 18.9. The maximum absolute atomic E-state index is 11.2. The Labute approximate surface area is 187 Å². The number of benzene rings is 1. The molecule has 1 saturated carbocycles. The van der Waals surface area contributed by atoms with Crippen LogP contribution in [-0.2, 0) is 25.4 Å². The Hall–Kier alpha value is -1.50. The maximum atomic E-state index is 11.2. The fraction of sp³-hybridized carbons (Fsp3) is 0.696. The van der Waals surface area contributed by atoms with Crippen LogP contribution in [0.15, 0.2) is 18.2 Å². The minimum Gasteiger partial charge on any atom is -0.469 e. The van der Waals surface area contributed by atoms with E-state index < -0.39 is 0 Å². The summed E-state index contributed by atoms with van der Waals surface area (Å²) >= 11 is 0. The van der Waals surface area contributed by atoms with Gasteiger partial charge < -0.3 is 25.3 Å². The van der Waals surface area contributed by atoms with Gasteiger partial charge in [0, 0.05) is 12.5 Å². The number of carbonyl (C=O) groups is 1. The highest BCUT2D eigenvalue weighted by atomic mass is 35.5. The number of halogens is 1. The van der Waals surface area contributed by atoms with Gasteiger partial charge in [-0.25, -0.2) is 0 Å². The molecule has 3 rings (SSSR count). The van der Waals surface area contributed by atoms with E-state index in [4.69, 9.17) is 15.2 Å². The number of nitrogens with two attached hydrogens (primary N) is 1. The number of rotatable bonds is 5. The van der Waals surface area contributed by atoms with E-state index in [0.29, 0.717) is 24.3 Å². The second-order valence-electron chi connectivity index (χ2n) is 8.98. The second-order valence-corrected chi connectivity index (χ2v) is 8.98. The number of nitrogens with one attached hydrogen (secondary N) is 1. The second kappa shape index (κ2) is 13.0. The van der Waals surface area contributed by atoms with E-state index in [1.54, 1.807) is 0 Å². The van der Waals surface area contributed by atoms with E-state index in [0.717, 1.165) is 49.3 Å². The number of nitrogen functional groups attached to an aromatic ring is 1. The van der Waals surface area contributed by atoms with Crippen LogP contribution in [0.25, 0.3) is 0 Å². The molecule has 1 aromatic carbocycles. The number of esters is 1. The highest BCUT2D eigenvalue weighted by Gasteiger charge is 2.32. The predicted octanol–water partition coefficient (Wildman–Crippen LogP) is 4.46. The molecular formula is C23H39ClN2O4. The zero-order valence-corrected chi connectivity index (χ0v) is 19.7. The summed E-state index contributed by atoms with van der Waals surface area (Å²) in [7, 11) is 1.41. The molecule has 6 nitrogen and oxygen atoms in total. The fourth-order valence-corrected chi connectivity index (χ4v) is 4.36. The van der Waals surface area contributed by atoms with Gasteiger partial charge in [0.05, 0.1) is 44.9 Å². The third kappa shape index (κ3) is 9.54. The standard InChI is InChI=1S/C19H30N2O2.C4H8O2.ClH/c1-13-9-15(12-19(2,3)11-13)21-17-7-5-14(10-16(17)20)6-8-18(22)23-4;1-2-6-4-3-5-1;/h5,7,10,13,15,21H,6,8-9,11-12,20H2,1-4H3;1-4H2;1H/t13-,15+;;/m0../s1. The molecule has 1 heterocycles. The normalized spacial score (nSPS) is 22.7. The van der Waals surface area contributed by atoms with Crippen molar-refractivity contribution < 1.29 is 19.0 Å². The van der Waals surface area contributed by atoms with E-state index in [9.17, 15) is 4.79 Å². The van der Waals surface area contributed by atoms with Crippen LogP contribution in [0.3, 0.4) is 0 Å². The van der Waals surface area contributed by atoms with Crippen LogP contribution in [0.2, 0.25) is 0 Å². The molecule has 0 radical (unpaired) electrons. The summed E-state index contributed by atoms with van der Waals surface area (Å²) in [6, 6.07) is 6.51. The SMILES string of the molecule is C1COCCO1.COC(=O)CCc1ccc(N[C@@H]2C[C@H](C)CC(C)(C)C2)c(N)c1.Cl. The molecule has 0 unspecified atom stereocenters. The molecule has 2 atom stereocenters. The molecule has 1 aromatic rings. The highest BCUT2D eigenvalue weighted by Crippen LogP contribution is 2.40. The third-order valence-corrected chi connectivity index (χ3v) is 5.45. The van der Waals surface area contributed by atoms with Crippen molar-refractivity contribution in [3.63, 3.8) is 0 Å². The summed E-state index contributed by atoms with van der Waals surface area (Å²) < 4.78 is 14.6. The summed E-state index contributed by atoms with van der Waals surface area (Å²) in [6.45, 7) is 10.1. The van der Waals surface area contributed by atoms with Crippen molar-refractivity contribution in [2.45, 2.75) is 58.9 Å². The largest absolute Gasteiger partial charge is 0.469 e. The van der Waals surface area contributed by atoms with Gasteiger partial charge in [0.2, 0.25) is 0 Å². The lowest BCUT2D eigenvalue weighted by molar-refractivity contribution is -0.140. The van der Waals surface area contributed by atoms with E-state index in [1.165, 1.54) is 26.4 Å². The number of ether oxygens (including phenoxy) is 3. The van der Waals surface area contributed by atoms with Crippen LogP contribution in [0, 0.1) is 11.3 Å². The van der Waals surface area contributed by atoms with Crippen molar-refractivity contribution in [1.82, 2.24) is 0 Å². The fourth-order valence-electron chi connectivity index (χ4n) is 4.36. The van der Waals surface area contributed by atoms with Crippen LogP contribution in [0.1, 0.15) is 52.0 Å². The smallest absolute Gasteiger partial charge is 0.305 e. The molecule has 1 saturated heterocycles. The number of hydrogen-bond acceptors (Lipinski definition) is 6. The first-order valence-electron chi connectivity index (χ1n) is 10.7. The van der Waals surface area contributed by atoms with Crippen LogP contribution < -0.4 is 11.1 Å². The predicted molar refractivity (Wildman–Crippen MR) is 124 cm³/mol. The molecule has 0 bridgehead atoms. The van der Waals surface area contributed by atoms with Gasteiger partial charge in [0.25, 0.3) is 0 Å². The molecule has 0 spiro atoms. The average Bonchev–Trinajstić information content (AvgIpc) is 2.68. The molecule has 7 heteroatoms. The lowest BCUT2D eigenvalue weighted by atomic mass is 9.70. The monoisotopic (exact) mass is 442 g/mol. The number of aryl methyl sites for hydroxylation is 1. The van der Waals surface area contributed by atoms with E-state index >= 15 is 0 Å². The third-order valence-electron chi connectivity index (χ3n) is 5.45. The number of carbonyl (C=O) groups excluding carboxylic acids is 1. The molecule has 0 aromatic heterocycles. The Morgan fingerprint density at radius 2 is 1.83 bits per heavy atom. The Morgan fingerprint density at radius 1 is 1.20 bits per heavy atom. The highest BCUT2D eigenvalue weighted by molar-refractivity contribution is 5.85. The first-order valence-corrected chi connectivity index (χ1v) is 10.7. The molecular weight excluding hydrogens is 404 g/mol. The van der Waals surface area contributed by atoms with Crippen LogP contribution in [-0.4, -0.2) is 45.5 Å². The van der Waals surface area contributed by atoms with Gasteiger partial charge in [-0.1, -0.05) is 26.8 Å². The van der Waals surface area contributed by atoms with Crippen molar-refractivity contribution in [2.75, 3.05) is 44.6 Å². The molecule has 0 amide bonds. The number of anilines is 2. The van der Waals surface area contributed by atoms with Gasteiger partial charge in [0.1, 0.15) is 0 Å². The van der Waals surface area contributed by atoms with Crippen LogP contribution >= 0.6 is 12.4 Å². The van der Waals surface area contributed by atoms with Gasteiger partial charge in [0.15, 0.2) is 0 Å². The van der Waals surface area contributed by atoms with Crippen molar-refractivity contribution >= 4 is 29.8 Å². The van der Waals surface area contributed by atoms with E-state index in [2.05, 4.69) is 30.8 Å².